The molecule has 0 bridgehead atoms. The third-order valence-corrected chi connectivity index (χ3v) is 3.93. The predicted octanol–water partition coefficient (Wildman–Crippen LogP) is 1.05. The third kappa shape index (κ3) is 2.27. The Hall–Kier alpha value is -0.880. The average molecular weight is 254 g/mol. The highest BCUT2D eigenvalue weighted by Gasteiger charge is 2.23. The fourth-order valence-electron chi connectivity index (χ4n) is 1.76. The first-order chi connectivity index (χ1) is 7.70. The molecule has 1 aromatic rings. The Balaban J connectivity index is 2.34. The van der Waals surface area contributed by atoms with E-state index in [4.69, 9.17) is 18.0 Å². The molecular formula is C10H14N4S2. The molecule has 1 fully saturated rings. The lowest BCUT2D eigenvalue weighted by Crippen LogP contribution is -2.42. The van der Waals surface area contributed by atoms with E-state index < -0.39 is 0 Å². The van der Waals surface area contributed by atoms with E-state index in [2.05, 4.69) is 21.8 Å². The summed E-state index contributed by atoms with van der Waals surface area (Å²) in [6, 6.07) is 0.448. The summed E-state index contributed by atoms with van der Waals surface area (Å²) in [7, 11) is 0. The SMILES string of the molecule is CC1CSCCN1c1nccnc1C(N)=S. The first kappa shape index (κ1) is 11.6. The van der Waals surface area contributed by atoms with Gasteiger partial charge in [-0.25, -0.2) is 9.97 Å². The van der Waals surface area contributed by atoms with E-state index in [1.165, 1.54) is 0 Å². The summed E-state index contributed by atoms with van der Waals surface area (Å²) in [5, 5.41) is 0. The van der Waals surface area contributed by atoms with Gasteiger partial charge >= 0.3 is 0 Å². The van der Waals surface area contributed by atoms with Crippen LogP contribution in [0.2, 0.25) is 0 Å². The van der Waals surface area contributed by atoms with Crippen LogP contribution in [0.15, 0.2) is 12.4 Å². The number of nitrogens with zero attached hydrogens (tertiary/aromatic N) is 3. The third-order valence-electron chi connectivity index (χ3n) is 2.55. The van der Waals surface area contributed by atoms with Crippen molar-refractivity contribution < 1.29 is 0 Å². The van der Waals surface area contributed by atoms with Gasteiger partial charge in [-0.3, -0.25) is 0 Å². The molecular weight excluding hydrogens is 240 g/mol. The number of anilines is 1. The van der Waals surface area contributed by atoms with Crippen LogP contribution in [0.3, 0.4) is 0 Å². The summed E-state index contributed by atoms with van der Waals surface area (Å²) in [4.78, 5) is 11.1. The van der Waals surface area contributed by atoms with E-state index in [0.29, 0.717) is 16.7 Å². The average Bonchev–Trinajstić information content (AvgIpc) is 2.29. The number of hydrogen-bond donors (Lipinski definition) is 1. The molecule has 0 radical (unpaired) electrons. The summed E-state index contributed by atoms with van der Waals surface area (Å²) in [5.41, 5.74) is 6.30. The Morgan fingerprint density at radius 3 is 3.00 bits per heavy atom. The van der Waals surface area contributed by atoms with Crippen molar-refractivity contribution in [1.29, 1.82) is 0 Å². The van der Waals surface area contributed by atoms with Crippen molar-refractivity contribution in [3.05, 3.63) is 18.1 Å². The second kappa shape index (κ2) is 4.97. The Kier molecular flexibility index (Phi) is 3.60. The van der Waals surface area contributed by atoms with E-state index >= 15 is 0 Å². The number of nitrogens with two attached hydrogens (primary N) is 1. The van der Waals surface area contributed by atoms with Crippen LogP contribution >= 0.6 is 24.0 Å². The van der Waals surface area contributed by atoms with Crippen LogP contribution in [0.25, 0.3) is 0 Å². The van der Waals surface area contributed by atoms with Gasteiger partial charge in [0.05, 0.1) is 0 Å². The molecule has 2 rings (SSSR count). The zero-order chi connectivity index (χ0) is 11.5. The molecule has 2 N–H and O–H groups in total. The van der Waals surface area contributed by atoms with Crippen LogP contribution in [0, 0.1) is 0 Å². The lowest BCUT2D eigenvalue weighted by atomic mass is 10.2. The van der Waals surface area contributed by atoms with Crippen molar-refractivity contribution >= 4 is 34.8 Å². The number of aromatic nitrogens is 2. The molecule has 0 saturated carbocycles. The van der Waals surface area contributed by atoms with E-state index in [1.54, 1.807) is 12.4 Å². The fourth-order valence-corrected chi connectivity index (χ4v) is 2.91. The maximum atomic E-state index is 5.66. The van der Waals surface area contributed by atoms with Gasteiger partial charge in [-0.2, -0.15) is 11.8 Å². The van der Waals surface area contributed by atoms with Gasteiger partial charge in [0.15, 0.2) is 5.82 Å². The summed E-state index contributed by atoms with van der Waals surface area (Å²) in [6.07, 6.45) is 3.31. The largest absolute Gasteiger partial charge is 0.388 e. The normalized spacial score (nSPS) is 20.8. The highest BCUT2D eigenvalue weighted by Crippen LogP contribution is 2.23. The van der Waals surface area contributed by atoms with Gasteiger partial charge in [0.25, 0.3) is 0 Å². The second-order valence-corrected chi connectivity index (χ2v) is 5.30. The maximum absolute atomic E-state index is 5.66. The Bertz CT molecular complexity index is 396. The number of rotatable bonds is 2. The first-order valence-electron chi connectivity index (χ1n) is 5.15. The van der Waals surface area contributed by atoms with Crippen molar-refractivity contribution in [3.63, 3.8) is 0 Å². The Morgan fingerprint density at radius 1 is 1.56 bits per heavy atom. The Labute approximate surface area is 105 Å². The minimum atomic E-state index is 0.313. The van der Waals surface area contributed by atoms with E-state index in [1.807, 2.05) is 11.8 Å². The molecule has 1 unspecified atom stereocenters. The summed E-state index contributed by atoms with van der Waals surface area (Å²) < 4.78 is 0. The van der Waals surface area contributed by atoms with E-state index in [9.17, 15) is 0 Å². The summed E-state index contributed by atoms with van der Waals surface area (Å²) in [5.74, 6) is 3.04. The molecule has 16 heavy (non-hydrogen) atoms. The van der Waals surface area contributed by atoms with Crippen LogP contribution in [-0.4, -0.2) is 39.0 Å². The molecule has 6 heteroatoms. The Morgan fingerprint density at radius 2 is 2.31 bits per heavy atom. The fraction of sp³-hybridized carbons (Fsp3) is 0.500. The van der Waals surface area contributed by atoms with Crippen LogP contribution in [0.4, 0.5) is 5.82 Å². The molecule has 0 aliphatic carbocycles. The van der Waals surface area contributed by atoms with Crippen LogP contribution in [0.1, 0.15) is 12.6 Å². The van der Waals surface area contributed by atoms with Crippen LogP contribution < -0.4 is 10.6 Å². The smallest absolute Gasteiger partial charge is 0.157 e. The molecule has 1 aromatic heterocycles. The van der Waals surface area contributed by atoms with Crippen molar-refractivity contribution in [1.82, 2.24) is 9.97 Å². The molecule has 0 aromatic carbocycles. The molecule has 0 amide bonds. The minimum absolute atomic E-state index is 0.313. The molecule has 0 spiro atoms. The second-order valence-electron chi connectivity index (χ2n) is 3.71. The molecule has 86 valence electrons. The zero-order valence-electron chi connectivity index (χ0n) is 9.09. The van der Waals surface area contributed by atoms with E-state index in [0.717, 1.165) is 23.9 Å². The minimum Gasteiger partial charge on any atom is -0.388 e. The van der Waals surface area contributed by atoms with Gasteiger partial charge < -0.3 is 10.6 Å². The van der Waals surface area contributed by atoms with Crippen LogP contribution in [-0.2, 0) is 0 Å². The van der Waals surface area contributed by atoms with Gasteiger partial charge in [-0.15, -0.1) is 0 Å². The van der Waals surface area contributed by atoms with Gasteiger partial charge in [0.2, 0.25) is 0 Å². The lowest BCUT2D eigenvalue weighted by molar-refractivity contribution is 0.687. The quantitative estimate of drug-likeness (QED) is 0.796. The maximum Gasteiger partial charge on any atom is 0.157 e. The van der Waals surface area contributed by atoms with Crippen molar-refractivity contribution in [2.45, 2.75) is 13.0 Å². The number of hydrogen-bond acceptors (Lipinski definition) is 5. The van der Waals surface area contributed by atoms with Gasteiger partial charge in [0.1, 0.15) is 10.7 Å². The van der Waals surface area contributed by atoms with Gasteiger partial charge in [-0.1, -0.05) is 12.2 Å². The first-order valence-corrected chi connectivity index (χ1v) is 6.71. The van der Waals surface area contributed by atoms with Crippen LogP contribution in [0.5, 0.6) is 0 Å². The lowest BCUT2D eigenvalue weighted by Gasteiger charge is -2.34. The molecule has 1 aliphatic heterocycles. The number of thiocarbonyl (C=S) groups is 1. The molecule has 4 nitrogen and oxygen atoms in total. The summed E-state index contributed by atoms with van der Waals surface area (Å²) in [6.45, 7) is 3.16. The van der Waals surface area contributed by atoms with Crippen molar-refractivity contribution in [2.75, 3.05) is 23.0 Å². The number of thioether (sulfide) groups is 1. The highest BCUT2D eigenvalue weighted by atomic mass is 32.2. The van der Waals surface area contributed by atoms with Crippen molar-refractivity contribution in [2.24, 2.45) is 5.73 Å². The van der Waals surface area contributed by atoms with E-state index in [-0.39, 0.29) is 0 Å². The topological polar surface area (TPSA) is 55.0 Å². The molecule has 1 saturated heterocycles. The van der Waals surface area contributed by atoms with Crippen molar-refractivity contribution in [3.8, 4) is 0 Å². The highest BCUT2D eigenvalue weighted by molar-refractivity contribution is 7.99. The van der Waals surface area contributed by atoms with Gasteiger partial charge in [0, 0.05) is 36.5 Å². The molecule has 1 aliphatic rings. The summed E-state index contributed by atoms with van der Waals surface area (Å²) >= 11 is 6.96. The molecule has 2 heterocycles. The monoisotopic (exact) mass is 254 g/mol. The molecule has 1 atom stereocenters. The van der Waals surface area contributed by atoms with Gasteiger partial charge in [-0.05, 0) is 6.92 Å². The predicted molar refractivity (Wildman–Crippen MR) is 72.1 cm³/mol. The zero-order valence-corrected chi connectivity index (χ0v) is 10.7. The standard InChI is InChI=1S/C10H14N4S2/c1-7-6-16-5-4-14(7)10-8(9(11)15)12-2-3-13-10/h2-3,7H,4-6H2,1H3,(H2,11,15).